The summed E-state index contributed by atoms with van der Waals surface area (Å²) in [7, 11) is 0. The number of aliphatic hydroxyl groups excluding tert-OH is 1. The van der Waals surface area contributed by atoms with E-state index in [2.05, 4.69) is 9.98 Å². The number of hydrogen-bond donors (Lipinski definition) is 3. The molecule has 5 nitrogen and oxygen atoms in total. The molecule has 1 atom stereocenters. The molecular weight excluding hydrogens is 242 g/mol. The summed E-state index contributed by atoms with van der Waals surface area (Å²) in [5, 5.41) is 18.8. The first-order chi connectivity index (χ1) is 7.72. The average Bonchev–Trinajstić information content (AvgIpc) is 2.68. The van der Waals surface area contributed by atoms with Crippen LogP contribution in [0.2, 0.25) is 0 Å². The first kappa shape index (κ1) is 12.4. The quantitative estimate of drug-likeness (QED) is 0.469. The molecule has 0 aromatic heterocycles. The van der Waals surface area contributed by atoms with Gasteiger partial charge in [0.25, 0.3) is 0 Å². The lowest BCUT2D eigenvalue weighted by Gasteiger charge is -2.41. The van der Waals surface area contributed by atoms with Gasteiger partial charge in [-0.1, -0.05) is 0 Å². The molecule has 3 N–H and O–H groups in total. The smallest absolute Gasteiger partial charge is 0.198 e. The van der Waals surface area contributed by atoms with E-state index in [1.807, 2.05) is 18.8 Å². The monoisotopic (exact) mass is 255 g/mol. The van der Waals surface area contributed by atoms with E-state index < -0.39 is 5.60 Å². The van der Waals surface area contributed by atoms with Gasteiger partial charge in [0.2, 0.25) is 0 Å². The number of nitrogens with one attached hydrogen (secondary N) is 1. The van der Waals surface area contributed by atoms with Crippen molar-refractivity contribution in [3.63, 3.8) is 0 Å². The highest BCUT2D eigenvalue weighted by Crippen LogP contribution is 2.42. The van der Waals surface area contributed by atoms with Crippen molar-refractivity contribution < 1.29 is 27.5 Å². The molecule has 0 amide bonds. The van der Waals surface area contributed by atoms with Gasteiger partial charge in [-0.2, -0.15) is 0 Å². The molecule has 0 bridgehead atoms. The zero-order chi connectivity index (χ0) is 11.2. The third-order valence-corrected chi connectivity index (χ3v) is 3.41. The normalized spacial score (nSPS) is 37.8. The molecule has 17 heavy (non-hydrogen) atoms. The van der Waals surface area contributed by atoms with Gasteiger partial charge in [-0.15, -0.1) is 0 Å². The molecule has 0 saturated heterocycles. The molecule has 1 saturated carbocycles. The molecule has 1 unspecified atom stereocenters. The van der Waals surface area contributed by atoms with Crippen LogP contribution in [-0.2, 0) is 0 Å². The molecule has 0 aromatic carbocycles. The summed E-state index contributed by atoms with van der Waals surface area (Å²) in [6, 6.07) is 0. The standard InChI is InChI=1S/C11H13N3O2.ClH/c15-6-11(16)3-8(4-11)10-9-5-12-1-2-14(9)7-13-10;/h1-2,5,7-8,15-16H,3-4,6H2;1H. The number of aliphatic imine (C=N–C) groups is 2. The van der Waals surface area contributed by atoms with Crippen molar-refractivity contribution in [1.82, 2.24) is 0 Å². The van der Waals surface area contributed by atoms with Crippen molar-refractivity contribution in [2.24, 2.45) is 15.9 Å². The van der Waals surface area contributed by atoms with Crippen molar-refractivity contribution in [3.8, 4) is 0 Å². The summed E-state index contributed by atoms with van der Waals surface area (Å²) in [5.41, 5.74) is 1.17. The molecule has 1 fully saturated rings. The van der Waals surface area contributed by atoms with Crippen molar-refractivity contribution in [2.45, 2.75) is 18.4 Å². The van der Waals surface area contributed by atoms with E-state index in [1.54, 1.807) is 6.20 Å². The first-order valence-electron chi connectivity index (χ1n) is 5.40. The molecule has 0 radical (unpaired) electrons. The van der Waals surface area contributed by atoms with Crippen LogP contribution in [0.15, 0.2) is 33.8 Å². The van der Waals surface area contributed by atoms with Crippen LogP contribution >= 0.6 is 0 Å². The number of rotatable bonds is 2. The maximum Gasteiger partial charge on any atom is 0.198 e. The predicted molar refractivity (Wildman–Crippen MR) is 58.9 cm³/mol. The lowest BCUT2D eigenvalue weighted by molar-refractivity contribution is -0.682. The zero-order valence-corrected chi connectivity index (χ0v) is 9.93. The van der Waals surface area contributed by atoms with Gasteiger partial charge in [-0.05, 0) is 12.8 Å². The molecular formula is C11H14ClN3O2. The van der Waals surface area contributed by atoms with E-state index in [9.17, 15) is 5.11 Å². The van der Waals surface area contributed by atoms with Crippen LogP contribution in [0.4, 0.5) is 0 Å². The molecule has 0 spiro atoms. The molecule has 6 heteroatoms. The molecule has 3 aliphatic rings. The van der Waals surface area contributed by atoms with Crippen LogP contribution in [0.5, 0.6) is 0 Å². The maximum absolute atomic E-state index is 9.77. The van der Waals surface area contributed by atoms with Crippen LogP contribution in [0.1, 0.15) is 12.8 Å². The van der Waals surface area contributed by atoms with Gasteiger partial charge in [0.15, 0.2) is 12.0 Å². The summed E-state index contributed by atoms with van der Waals surface area (Å²) in [6.07, 6.45) is 8.51. The average molecular weight is 256 g/mol. The Balaban J connectivity index is 0.00000108. The third kappa shape index (κ3) is 1.95. The van der Waals surface area contributed by atoms with E-state index in [1.165, 1.54) is 0 Å². The Hall–Kier alpha value is -1.01. The Morgan fingerprint density at radius 1 is 1.47 bits per heavy atom. The van der Waals surface area contributed by atoms with Gasteiger partial charge in [0, 0.05) is 5.92 Å². The van der Waals surface area contributed by atoms with Crippen LogP contribution in [0, 0.1) is 5.92 Å². The van der Waals surface area contributed by atoms with E-state index in [0.717, 1.165) is 16.3 Å². The van der Waals surface area contributed by atoms with E-state index in [0.29, 0.717) is 12.8 Å². The van der Waals surface area contributed by atoms with Crippen molar-refractivity contribution in [1.29, 1.82) is 0 Å². The molecule has 3 rings (SSSR count). The minimum Gasteiger partial charge on any atom is -1.00 e. The second-order valence-corrected chi connectivity index (χ2v) is 4.59. The van der Waals surface area contributed by atoms with Crippen molar-refractivity contribution >= 4 is 12.6 Å². The van der Waals surface area contributed by atoms with Gasteiger partial charge in [0.1, 0.15) is 11.9 Å². The SMILES string of the molecule is OCC1(O)CC(C2=C3C=NC=C[NH+]3C=N2)C1.[Cl-]. The minimum atomic E-state index is -0.891. The lowest BCUT2D eigenvalue weighted by Crippen LogP contribution is -3.04. The second kappa shape index (κ2) is 4.34. The lowest BCUT2D eigenvalue weighted by atomic mass is 9.69. The third-order valence-electron chi connectivity index (χ3n) is 3.41. The first-order valence-corrected chi connectivity index (χ1v) is 5.40. The van der Waals surface area contributed by atoms with Gasteiger partial charge in [-0.25, -0.2) is 9.89 Å². The summed E-state index contributed by atoms with van der Waals surface area (Å²) >= 11 is 0. The van der Waals surface area contributed by atoms with Crippen molar-refractivity contribution in [3.05, 3.63) is 23.8 Å². The Morgan fingerprint density at radius 2 is 2.24 bits per heavy atom. The highest BCUT2D eigenvalue weighted by molar-refractivity contribution is 5.81. The summed E-state index contributed by atoms with van der Waals surface area (Å²) in [5.74, 6) is 0.249. The fraction of sp³-hybridized carbons (Fsp3) is 0.455. The molecule has 2 aliphatic heterocycles. The molecule has 2 heterocycles. The Morgan fingerprint density at radius 3 is 2.94 bits per heavy atom. The fourth-order valence-corrected chi connectivity index (χ4v) is 2.45. The van der Waals surface area contributed by atoms with Gasteiger partial charge >= 0.3 is 0 Å². The second-order valence-electron chi connectivity index (χ2n) is 4.59. The molecule has 0 aromatic rings. The highest BCUT2D eigenvalue weighted by atomic mass is 35.5. The summed E-state index contributed by atoms with van der Waals surface area (Å²) < 4.78 is 0. The minimum absolute atomic E-state index is 0. The van der Waals surface area contributed by atoms with Gasteiger partial charge < -0.3 is 22.6 Å². The summed E-state index contributed by atoms with van der Waals surface area (Å²) in [4.78, 5) is 9.56. The largest absolute Gasteiger partial charge is 1.00 e. The maximum atomic E-state index is 9.77. The van der Waals surface area contributed by atoms with Gasteiger partial charge in [-0.3, -0.25) is 4.99 Å². The number of hydrogen-bond acceptors (Lipinski definition) is 4. The Labute approximate surface area is 105 Å². The van der Waals surface area contributed by atoms with E-state index in [-0.39, 0.29) is 24.9 Å². The number of nitrogens with zero attached hydrogens (tertiary/aromatic N) is 2. The van der Waals surface area contributed by atoms with Crippen LogP contribution in [0.25, 0.3) is 0 Å². The number of aliphatic hydroxyl groups is 2. The van der Waals surface area contributed by atoms with E-state index in [4.69, 9.17) is 5.11 Å². The zero-order valence-electron chi connectivity index (χ0n) is 9.17. The van der Waals surface area contributed by atoms with E-state index >= 15 is 0 Å². The number of allylic oxidation sites excluding steroid dienone is 2. The molecule has 92 valence electrons. The highest BCUT2D eigenvalue weighted by Gasteiger charge is 2.46. The predicted octanol–water partition coefficient (Wildman–Crippen LogP) is -4.18. The van der Waals surface area contributed by atoms with Crippen LogP contribution < -0.4 is 17.3 Å². The number of halogens is 1. The fourth-order valence-electron chi connectivity index (χ4n) is 2.45. The molecule has 1 aliphatic carbocycles. The summed E-state index contributed by atoms with van der Waals surface area (Å²) in [6.45, 7) is -0.166. The Kier molecular flexibility index (Phi) is 3.18. The van der Waals surface area contributed by atoms with Gasteiger partial charge in [0.05, 0.1) is 24.6 Å². The Bertz CT molecular complexity index is 436. The van der Waals surface area contributed by atoms with Crippen LogP contribution in [-0.4, -0.2) is 35.0 Å². The number of fused-ring (bicyclic) bond motifs is 1. The van der Waals surface area contributed by atoms with Crippen LogP contribution in [0.3, 0.4) is 0 Å². The number of quaternary nitrogens is 1. The van der Waals surface area contributed by atoms with Crippen molar-refractivity contribution in [2.75, 3.05) is 6.61 Å². The topological polar surface area (TPSA) is 69.6 Å².